The maximum absolute atomic E-state index is 12.5. The number of hydrogen-bond donors (Lipinski definition) is 1. The number of piperidine rings is 1. The fraction of sp³-hybridized carbons (Fsp3) is 1.00. The normalized spacial score (nSPS) is 21.7. The molecular weight excluding hydrogens is 229 g/mol. The van der Waals surface area contributed by atoms with Crippen molar-refractivity contribution in [3.8, 4) is 0 Å². The van der Waals surface area contributed by atoms with Gasteiger partial charge in [-0.15, -0.1) is 0 Å². The second kappa shape index (κ2) is 6.59. The molecular formula is C12H23F3N2. The predicted octanol–water partition coefficient (Wildman–Crippen LogP) is 2.65. The summed E-state index contributed by atoms with van der Waals surface area (Å²) >= 11 is 0. The molecule has 1 unspecified atom stereocenters. The highest BCUT2D eigenvalue weighted by Gasteiger charge is 2.41. The van der Waals surface area contributed by atoms with E-state index in [0.717, 1.165) is 19.4 Å². The molecule has 0 bridgehead atoms. The number of nitrogens with zero attached hydrogens (tertiary/aromatic N) is 1. The monoisotopic (exact) mass is 252 g/mol. The van der Waals surface area contributed by atoms with Gasteiger partial charge in [0.25, 0.3) is 0 Å². The Kier molecular flexibility index (Phi) is 5.73. The maximum atomic E-state index is 12.5. The van der Waals surface area contributed by atoms with Gasteiger partial charge < -0.3 is 10.2 Å². The minimum atomic E-state index is -4.00. The van der Waals surface area contributed by atoms with Crippen molar-refractivity contribution in [2.45, 2.75) is 44.8 Å². The molecule has 0 aromatic carbocycles. The predicted molar refractivity (Wildman–Crippen MR) is 63.0 cm³/mol. The standard InChI is InChI=1S/C12H23F3N2/c1-10(4-3-7-16-2)17-8-5-11(6-9-17)12(13,14)15/h10-11,16H,3-9H2,1-2H3. The van der Waals surface area contributed by atoms with Crippen molar-refractivity contribution in [2.75, 3.05) is 26.7 Å². The Morgan fingerprint density at radius 2 is 1.88 bits per heavy atom. The molecule has 17 heavy (non-hydrogen) atoms. The van der Waals surface area contributed by atoms with Gasteiger partial charge in [-0.25, -0.2) is 0 Å². The van der Waals surface area contributed by atoms with Gasteiger partial charge in [0.05, 0.1) is 5.92 Å². The number of hydrogen-bond acceptors (Lipinski definition) is 2. The van der Waals surface area contributed by atoms with Crippen LogP contribution in [-0.2, 0) is 0 Å². The van der Waals surface area contributed by atoms with E-state index in [1.165, 1.54) is 0 Å². The Bertz CT molecular complexity index is 210. The van der Waals surface area contributed by atoms with E-state index in [1.807, 2.05) is 7.05 Å². The second-order valence-electron chi connectivity index (χ2n) is 4.95. The van der Waals surface area contributed by atoms with Gasteiger partial charge in [0.1, 0.15) is 0 Å². The Morgan fingerprint density at radius 1 is 1.29 bits per heavy atom. The lowest BCUT2D eigenvalue weighted by Crippen LogP contribution is -2.43. The number of halogens is 3. The quantitative estimate of drug-likeness (QED) is 0.757. The van der Waals surface area contributed by atoms with Gasteiger partial charge in [-0.1, -0.05) is 0 Å². The van der Waals surface area contributed by atoms with Crippen molar-refractivity contribution < 1.29 is 13.2 Å². The highest BCUT2D eigenvalue weighted by atomic mass is 19.4. The van der Waals surface area contributed by atoms with Crippen LogP contribution in [0.4, 0.5) is 13.2 Å². The minimum absolute atomic E-state index is 0.264. The molecule has 1 rings (SSSR count). The van der Waals surface area contributed by atoms with Crippen LogP contribution in [0.3, 0.4) is 0 Å². The van der Waals surface area contributed by atoms with Crippen molar-refractivity contribution in [1.82, 2.24) is 10.2 Å². The summed E-state index contributed by atoms with van der Waals surface area (Å²) in [4.78, 5) is 2.19. The Labute approximate surface area is 102 Å². The number of nitrogens with one attached hydrogen (secondary N) is 1. The lowest BCUT2D eigenvalue weighted by Gasteiger charge is -2.36. The summed E-state index contributed by atoms with van der Waals surface area (Å²) in [7, 11) is 1.92. The van der Waals surface area contributed by atoms with Gasteiger partial charge in [0.2, 0.25) is 0 Å². The third kappa shape index (κ3) is 4.84. The first-order valence-corrected chi connectivity index (χ1v) is 6.40. The fourth-order valence-corrected chi connectivity index (χ4v) is 2.42. The molecule has 0 aliphatic carbocycles. The van der Waals surface area contributed by atoms with Crippen LogP contribution in [0, 0.1) is 5.92 Å². The summed E-state index contributed by atoms with van der Waals surface area (Å²) in [6.45, 7) is 4.27. The molecule has 0 amide bonds. The van der Waals surface area contributed by atoms with Gasteiger partial charge in [0, 0.05) is 6.04 Å². The van der Waals surface area contributed by atoms with Crippen LogP contribution in [0.1, 0.15) is 32.6 Å². The van der Waals surface area contributed by atoms with E-state index in [9.17, 15) is 13.2 Å². The summed E-state index contributed by atoms with van der Waals surface area (Å²) in [5.74, 6) is -1.08. The van der Waals surface area contributed by atoms with E-state index >= 15 is 0 Å². The molecule has 1 N–H and O–H groups in total. The van der Waals surface area contributed by atoms with E-state index in [1.54, 1.807) is 0 Å². The summed E-state index contributed by atoms with van der Waals surface area (Å²) in [6, 6.07) is 0.400. The zero-order valence-corrected chi connectivity index (χ0v) is 10.7. The fourth-order valence-electron chi connectivity index (χ4n) is 2.42. The minimum Gasteiger partial charge on any atom is -0.320 e. The van der Waals surface area contributed by atoms with Crippen LogP contribution in [0.2, 0.25) is 0 Å². The molecule has 1 aliphatic rings. The van der Waals surface area contributed by atoms with Crippen molar-refractivity contribution >= 4 is 0 Å². The lowest BCUT2D eigenvalue weighted by molar-refractivity contribution is -0.186. The van der Waals surface area contributed by atoms with Crippen LogP contribution < -0.4 is 5.32 Å². The zero-order chi connectivity index (χ0) is 12.9. The van der Waals surface area contributed by atoms with Crippen LogP contribution in [0.25, 0.3) is 0 Å². The maximum Gasteiger partial charge on any atom is 0.391 e. The average molecular weight is 252 g/mol. The van der Waals surface area contributed by atoms with Crippen LogP contribution in [0.15, 0.2) is 0 Å². The van der Waals surface area contributed by atoms with Crippen LogP contribution >= 0.6 is 0 Å². The van der Waals surface area contributed by atoms with E-state index in [2.05, 4.69) is 17.1 Å². The first-order valence-electron chi connectivity index (χ1n) is 6.40. The molecule has 2 nitrogen and oxygen atoms in total. The molecule has 5 heteroatoms. The van der Waals surface area contributed by atoms with E-state index in [4.69, 9.17) is 0 Å². The molecule has 0 aromatic heterocycles. The molecule has 1 heterocycles. The first-order chi connectivity index (χ1) is 7.95. The SMILES string of the molecule is CNCCCC(C)N1CCC(C(F)(F)F)CC1. The molecule has 1 fully saturated rings. The van der Waals surface area contributed by atoms with E-state index in [-0.39, 0.29) is 12.8 Å². The third-order valence-corrected chi connectivity index (χ3v) is 3.66. The molecule has 1 aliphatic heterocycles. The summed E-state index contributed by atoms with van der Waals surface area (Å²) in [5.41, 5.74) is 0. The van der Waals surface area contributed by atoms with E-state index < -0.39 is 12.1 Å². The first kappa shape index (κ1) is 14.8. The van der Waals surface area contributed by atoms with Gasteiger partial charge in [-0.3, -0.25) is 0 Å². The highest BCUT2D eigenvalue weighted by molar-refractivity contribution is 4.79. The highest BCUT2D eigenvalue weighted by Crippen LogP contribution is 2.34. The number of rotatable bonds is 5. The van der Waals surface area contributed by atoms with Gasteiger partial charge >= 0.3 is 6.18 Å². The topological polar surface area (TPSA) is 15.3 Å². The molecule has 1 saturated heterocycles. The van der Waals surface area contributed by atoms with Gasteiger partial charge in [0.15, 0.2) is 0 Å². The molecule has 0 aromatic rings. The van der Waals surface area contributed by atoms with Crippen molar-refractivity contribution in [2.24, 2.45) is 5.92 Å². The second-order valence-corrected chi connectivity index (χ2v) is 4.95. The summed E-state index contributed by atoms with van der Waals surface area (Å²) < 4.78 is 37.5. The summed E-state index contributed by atoms with van der Waals surface area (Å²) in [5, 5.41) is 3.09. The van der Waals surface area contributed by atoms with Gasteiger partial charge in [-0.2, -0.15) is 13.2 Å². The Hall–Kier alpha value is -0.290. The molecule has 0 spiro atoms. The van der Waals surface area contributed by atoms with Crippen molar-refractivity contribution in [3.05, 3.63) is 0 Å². The Balaban J connectivity index is 2.26. The van der Waals surface area contributed by atoms with Crippen LogP contribution in [-0.4, -0.2) is 43.8 Å². The Morgan fingerprint density at radius 3 is 2.35 bits per heavy atom. The molecule has 1 atom stereocenters. The largest absolute Gasteiger partial charge is 0.391 e. The van der Waals surface area contributed by atoms with Crippen LogP contribution in [0.5, 0.6) is 0 Å². The molecule has 102 valence electrons. The lowest BCUT2D eigenvalue weighted by atomic mass is 9.95. The van der Waals surface area contributed by atoms with E-state index in [0.29, 0.717) is 19.1 Å². The molecule has 0 saturated carbocycles. The smallest absolute Gasteiger partial charge is 0.320 e. The third-order valence-electron chi connectivity index (χ3n) is 3.66. The summed E-state index contributed by atoms with van der Waals surface area (Å²) in [6.07, 6.45) is -1.34. The molecule has 0 radical (unpaired) electrons. The number of likely N-dealkylation sites (tertiary alicyclic amines) is 1. The number of alkyl halides is 3. The van der Waals surface area contributed by atoms with Crippen molar-refractivity contribution in [1.29, 1.82) is 0 Å². The van der Waals surface area contributed by atoms with Gasteiger partial charge in [-0.05, 0) is 59.3 Å². The zero-order valence-electron chi connectivity index (χ0n) is 10.7. The average Bonchev–Trinajstić information content (AvgIpc) is 2.28. The van der Waals surface area contributed by atoms with Crippen molar-refractivity contribution in [3.63, 3.8) is 0 Å².